The molecule has 0 unspecified atom stereocenters. The molecule has 0 aliphatic heterocycles. The summed E-state index contributed by atoms with van der Waals surface area (Å²) in [6, 6.07) is 0. The monoisotopic (exact) mass is 358 g/mol. The summed E-state index contributed by atoms with van der Waals surface area (Å²) >= 11 is 0. The van der Waals surface area contributed by atoms with Crippen LogP contribution < -0.4 is 0 Å². The van der Waals surface area contributed by atoms with Crippen LogP contribution in [-0.4, -0.2) is 52.0 Å². The number of rotatable bonds is 7. The molecule has 0 aliphatic carbocycles. The maximum Gasteiger partial charge on any atom is 0.310 e. The van der Waals surface area contributed by atoms with Gasteiger partial charge in [-0.05, 0) is 25.7 Å². The Bertz CT molecular complexity index is 185. The van der Waals surface area contributed by atoms with Gasteiger partial charge < -0.3 is 20.4 Å². The SMILES string of the molecule is CCCC(=O)CC(=O)O.CCCO.CCCO.CCCO.[Ti]. The Morgan fingerprint density at radius 3 is 1.14 bits per heavy atom. The van der Waals surface area contributed by atoms with E-state index in [9.17, 15) is 9.59 Å². The average molecular weight is 358 g/mol. The van der Waals surface area contributed by atoms with Crippen LogP contribution in [0.4, 0.5) is 0 Å². The summed E-state index contributed by atoms with van der Waals surface area (Å²) in [5.41, 5.74) is 0. The van der Waals surface area contributed by atoms with E-state index < -0.39 is 5.97 Å². The van der Waals surface area contributed by atoms with Crippen LogP contribution in [0.25, 0.3) is 0 Å². The molecule has 0 radical (unpaired) electrons. The number of aliphatic carboxylic acids is 1. The molecule has 0 aliphatic rings. The Labute approximate surface area is 149 Å². The fourth-order valence-electron chi connectivity index (χ4n) is 0.536. The first-order valence-corrected chi connectivity index (χ1v) is 7.47. The second-order valence-electron chi connectivity index (χ2n) is 4.03. The van der Waals surface area contributed by atoms with Crippen LogP contribution in [0.15, 0.2) is 0 Å². The molecule has 0 saturated heterocycles. The summed E-state index contributed by atoms with van der Waals surface area (Å²) in [5.74, 6) is -1.22. The first-order valence-electron chi connectivity index (χ1n) is 7.47. The van der Waals surface area contributed by atoms with Gasteiger partial charge in [0.1, 0.15) is 12.2 Å². The van der Waals surface area contributed by atoms with Crippen molar-refractivity contribution in [3.63, 3.8) is 0 Å². The number of Topliss-reactive ketones (excluding diaryl/α,β-unsaturated/α-hetero) is 1. The molecule has 22 heavy (non-hydrogen) atoms. The molecule has 0 rings (SSSR count). The van der Waals surface area contributed by atoms with Gasteiger partial charge in [-0.2, -0.15) is 0 Å². The average Bonchev–Trinajstić information content (AvgIpc) is 2.47. The Hall–Kier alpha value is -0.266. The molecule has 0 atom stereocenters. The first kappa shape index (κ1) is 33.4. The van der Waals surface area contributed by atoms with Crippen molar-refractivity contribution in [2.24, 2.45) is 0 Å². The van der Waals surface area contributed by atoms with Gasteiger partial charge in [0.2, 0.25) is 0 Å². The fourth-order valence-corrected chi connectivity index (χ4v) is 0.536. The van der Waals surface area contributed by atoms with Crippen LogP contribution in [0.2, 0.25) is 0 Å². The predicted molar refractivity (Wildman–Crippen MR) is 84.3 cm³/mol. The number of hydrogen-bond acceptors (Lipinski definition) is 5. The van der Waals surface area contributed by atoms with Gasteiger partial charge in [-0.3, -0.25) is 9.59 Å². The summed E-state index contributed by atoms with van der Waals surface area (Å²) in [5, 5.41) is 31.7. The second-order valence-corrected chi connectivity index (χ2v) is 4.03. The van der Waals surface area contributed by atoms with Crippen molar-refractivity contribution >= 4 is 11.8 Å². The second kappa shape index (κ2) is 37.2. The van der Waals surface area contributed by atoms with Crippen molar-refractivity contribution in [1.29, 1.82) is 0 Å². The maximum atomic E-state index is 10.5. The van der Waals surface area contributed by atoms with Gasteiger partial charge >= 0.3 is 5.97 Å². The van der Waals surface area contributed by atoms with E-state index in [1.807, 2.05) is 27.7 Å². The number of aliphatic hydroxyl groups is 3. The summed E-state index contributed by atoms with van der Waals surface area (Å²) < 4.78 is 0. The number of carbonyl (C=O) groups is 2. The van der Waals surface area contributed by atoms with Gasteiger partial charge in [-0.1, -0.05) is 27.7 Å². The molecule has 0 spiro atoms. The van der Waals surface area contributed by atoms with Crippen molar-refractivity contribution in [1.82, 2.24) is 0 Å². The number of hydrogen-bond donors (Lipinski definition) is 4. The fraction of sp³-hybridized carbons (Fsp3) is 0.867. The third-order valence-corrected chi connectivity index (χ3v) is 1.55. The van der Waals surface area contributed by atoms with Gasteiger partial charge in [-0.15, -0.1) is 0 Å². The Balaban J connectivity index is -0.0000000632. The number of aliphatic hydroxyl groups excluding tert-OH is 3. The van der Waals surface area contributed by atoms with E-state index in [2.05, 4.69) is 0 Å². The van der Waals surface area contributed by atoms with Gasteiger partial charge in [0, 0.05) is 48.0 Å². The molecule has 4 N–H and O–H groups in total. The number of ketones is 1. The third kappa shape index (κ3) is 73.1. The predicted octanol–water partition coefficient (Wildman–Crippen LogP) is 1.99. The van der Waals surface area contributed by atoms with Gasteiger partial charge in [0.05, 0.1) is 0 Å². The van der Waals surface area contributed by atoms with Crippen molar-refractivity contribution in [3.8, 4) is 0 Å². The Morgan fingerprint density at radius 2 is 1.00 bits per heavy atom. The summed E-state index contributed by atoms with van der Waals surface area (Å²) in [6.07, 6.45) is 3.41. The minimum Gasteiger partial charge on any atom is -0.481 e. The number of carboxylic acids is 1. The normalized spacial score (nSPS) is 7.77. The number of carbonyl (C=O) groups excluding carboxylic acids is 1. The van der Waals surface area contributed by atoms with Crippen molar-refractivity contribution in [2.45, 2.75) is 66.2 Å². The first-order chi connectivity index (χ1) is 9.91. The zero-order valence-corrected chi connectivity index (χ0v) is 16.0. The molecule has 7 heteroatoms. The van der Waals surface area contributed by atoms with E-state index in [4.69, 9.17) is 20.4 Å². The number of carboxylic acid groups (broad SMARTS) is 1. The van der Waals surface area contributed by atoms with E-state index >= 15 is 0 Å². The largest absolute Gasteiger partial charge is 0.481 e. The Morgan fingerprint density at radius 1 is 0.727 bits per heavy atom. The third-order valence-electron chi connectivity index (χ3n) is 1.55. The molecule has 134 valence electrons. The van der Waals surface area contributed by atoms with E-state index in [1.54, 1.807) is 0 Å². The standard InChI is InChI=1S/C6H10O3.3C3H8O.Ti/c1-2-3-5(7)4-6(8)9;3*1-2-3-4;/h2-4H2,1H3,(H,8,9);3*4H,2-3H2,1H3;. The topological polar surface area (TPSA) is 115 Å². The Kier molecular flexibility index (Phi) is 56.4. The molecular formula is C15H34O6Ti. The van der Waals surface area contributed by atoms with Crippen LogP contribution in [-0.2, 0) is 31.3 Å². The van der Waals surface area contributed by atoms with E-state index in [0.717, 1.165) is 25.7 Å². The van der Waals surface area contributed by atoms with Crippen molar-refractivity contribution < 1.29 is 51.7 Å². The molecule has 0 fully saturated rings. The van der Waals surface area contributed by atoms with Gasteiger partial charge in [0.25, 0.3) is 0 Å². The quantitative estimate of drug-likeness (QED) is 0.409. The van der Waals surface area contributed by atoms with Gasteiger partial charge in [-0.25, -0.2) is 0 Å². The minimum atomic E-state index is -1.03. The van der Waals surface area contributed by atoms with Crippen LogP contribution in [0.1, 0.15) is 66.2 Å². The molecule has 0 saturated carbocycles. The van der Waals surface area contributed by atoms with Crippen molar-refractivity contribution in [3.05, 3.63) is 0 Å². The molecule has 0 amide bonds. The molecule has 0 aromatic heterocycles. The molecule has 0 aromatic rings. The molecule has 0 aromatic carbocycles. The molecule has 0 heterocycles. The summed E-state index contributed by atoms with van der Waals surface area (Å²) in [4.78, 5) is 20.3. The van der Waals surface area contributed by atoms with Crippen molar-refractivity contribution in [2.75, 3.05) is 19.8 Å². The van der Waals surface area contributed by atoms with E-state index in [0.29, 0.717) is 26.2 Å². The van der Waals surface area contributed by atoms with E-state index in [1.165, 1.54) is 0 Å². The van der Waals surface area contributed by atoms with Gasteiger partial charge in [0.15, 0.2) is 0 Å². The smallest absolute Gasteiger partial charge is 0.310 e. The van der Waals surface area contributed by atoms with Crippen LogP contribution in [0.3, 0.4) is 0 Å². The summed E-state index contributed by atoms with van der Waals surface area (Å²) in [6.45, 7) is 8.60. The molecule has 6 nitrogen and oxygen atoms in total. The zero-order chi connectivity index (χ0) is 17.5. The van der Waals surface area contributed by atoms with Crippen LogP contribution in [0, 0.1) is 0 Å². The molecule has 0 bridgehead atoms. The zero-order valence-electron chi connectivity index (χ0n) is 14.5. The molecular weight excluding hydrogens is 324 g/mol. The van der Waals surface area contributed by atoms with Crippen LogP contribution >= 0.6 is 0 Å². The summed E-state index contributed by atoms with van der Waals surface area (Å²) in [7, 11) is 0. The van der Waals surface area contributed by atoms with E-state index in [-0.39, 0.29) is 33.9 Å². The maximum absolute atomic E-state index is 10.5. The minimum absolute atomic E-state index is 0. The van der Waals surface area contributed by atoms with Crippen LogP contribution in [0.5, 0.6) is 0 Å².